The Labute approximate surface area is 190 Å². The summed E-state index contributed by atoms with van der Waals surface area (Å²) in [6, 6.07) is 0. The predicted molar refractivity (Wildman–Crippen MR) is 125 cm³/mol. The van der Waals surface area contributed by atoms with E-state index in [4.69, 9.17) is 4.98 Å². The second-order valence-corrected chi connectivity index (χ2v) is 10.6. The van der Waals surface area contributed by atoms with Crippen molar-refractivity contribution in [1.82, 2.24) is 19.7 Å². The normalized spacial score (nSPS) is 22.7. The lowest BCUT2D eigenvalue weighted by Gasteiger charge is -2.37. The Morgan fingerprint density at radius 3 is 2.35 bits per heavy atom. The molecule has 0 bridgehead atoms. The minimum atomic E-state index is 0.108. The van der Waals surface area contributed by atoms with Gasteiger partial charge in [-0.2, -0.15) is 0 Å². The van der Waals surface area contributed by atoms with E-state index in [0.29, 0.717) is 18.2 Å². The SMILES string of the molecule is CCC(=O)N1CCN(c2nc3c(s2)C[C@@H](C(=O)N2CCN(CC(C)C)CC2)CC3)CC1. The van der Waals surface area contributed by atoms with Gasteiger partial charge in [-0.1, -0.05) is 20.8 Å². The minimum Gasteiger partial charge on any atom is -0.345 e. The number of hydrogen-bond acceptors (Lipinski definition) is 6. The monoisotopic (exact) mass is 447 g/mol. The van der Waals surface area contributed by atoms with Crippen LogP contribution in [0.25, 0.3) is 0 Å². The van der Waals surface area contributed by atoms with Crippen LogP contribution in [0, 0.1) is 11.8 Å². The lowest BCUT2D eigenvalue weighted by Crippen LogP contribution is -2.51. The molecule has 172 valence electrons. The molecule has 0 radical (unpaired) electrons. The van der Waals surface area contributed by atoms with Gasteiger partial charge in [0.15, 0.2) is 5.13 Å². The molecular weight excluding hydrogens is 410 g/mol. The highest BCUT2D eigenvalue weighted by molar-refractivity contribution is 7.15. The van der Waals surface area contributed by atoms with Crippen LogP contribution in [0.1, 0.15) is 44.2 Å². The van der Waals surface area contributed by atoms with E-state index in [-0.39, 0.29) is 11.8 Å². The van der Waals surface area contributed by atoms with Crippen LogP contribution in [0.4, 0.5) is 5.13 Å². The van der Waals surface area contributed by atoms with Crippen LogP contribution in [0.3, 0.4) is 0 Å². The molecule has 3 aliphatic rings. The molecule has 0 N–H and O–H groups in total. The molecule has 7 nitrogen and oxygen atoms in total. The number of carbonyl (C=O) groups excluding carboxylic acids is 2. The maximum Gasteiger partial charge on any atom is 0.226 e. The van der Waals surface area contributed by atoms with E-state index in [9.17, 15) is 9.59 Å². The number of hydrogen-bond donors (Lipinski definition) is 0. The summed E-state index contributed by atoms with van der Waals surface area (Å²) in [7, 11) is 0. The van der Waals surface area contributed by atoms with Crippen molar-refractivity contribution in [2.24, 2.45) is 11.8 Å². The van der Waals surface area contributed by atoms with Crippen molar-refractivity contribution in [2.75, 3.05) is 63.8 Å². The van der Waals surface area contributed by atoms with Gasteiger partial charge in [0, 0.05) is 76.1 Å². The maximum atomic E-state index is 13.2. The number of amides is 2. The molecule has 2 fully saturated rings. The van der Waals surface area contributed by atoms with Gasteiger partial charge < -0.3 is 14.7 Å². The highest BCUT2D eigenvalue weighted by Gasteiger charge is 2.33. The van der Waals surface area contributed by atoms with Crippen LogP contribution in [-0.2, 0) is 22.4 Å². The molecule has 0 saturated carbocycles. The number of aryl methyl sites for hydroxylation is 1. The fourth-order valence-corrected chi connectivity index (χ4v) is 6.24. The fraction of sp³-hybridized carbons (Fsp3) is 0.783. The molecule has 2 saturated heterocycles. The van der Waals surface area contributed by atoms with Crippen LogP contribution in [0.2, 0.25) is 0 Å². The second kappa shape index (κ2) is 9.86. The van der Waals surface area contributed by atoms with E-state index >= 15 is 0 Å². The van der Waals surface area contributed by atoms with Crippen molar-refractivity contribution in [1.29, 1.82) is 0 Å². The zero-order chi connectivity index (χ0) is 22.0. The van der Waals surface area contributed by atoms with E-state index in [1.807, 2.05) is 11.8 Å². The number of rotatable bonds is 5. The average Bonchev–Trinajstić information content (AvgIpc) is 3.21. The Kier molecular flexibility index (Phi) is 7.16. The molecule has 0 spiro atoms. The summed E-state index contributed by atoms with van der Waals surface area (Å²) in [6.45, 7) is 14.5. The van der Waals surface area contributed by atoms with Crippen molar-refractivity contribution in [2.45, 2.75) is 46.5 Å². The number of nitrogens with zero attached hydrogens (tertiary/aromatic N) is 5. The number of piperazine rings is 2. The third-order valence-electron chi connectivity index (χ3n) is 6.79. The number of thiazole rings is 1. The lowest BCUT2D eigenvalue weighted by molar-refractivity contribution is -0.137. The zero-order valence-electron chi connectivity index (χ0n) is 19.3. The molecule has 8 heteroatoms. The van der Waals surface area contributed by atoms with Gasteiger partial charge in [-0.05, 0) is 25.2 Å². The number of anilines is 1. The van der Waals surface area contributed by atoms with E-state index < -0.39 is 0 Å². The molecule has 1 atom stereocenters. The topological polar surface area (TPSA) is 60.0 Å². The molecule has 2 amide bonds. The Bertz CT molecular complexity index is 779. The first-order chi connectivity index (χ1) is 14.9. The van der Waals surface area contributed by atoms with E-state index in [1.165, 1.54) is 10.6 Å². The number of fused-ring (bicyclic) bond motifs is 1. The Hall–Kier alpha value is -1.67. The van der Waals surface area contributed by atoms with Crippen molar-refractivity contribution < 1.29 is 9.59 Å². The van der Waals surface area contributed by atoms with Crippen LogP contribution in [0.15, 0.2) is 0 Å². The summed E-state index contributed by atoms with van der Waals surface area (Å²) in [5, 5.41) is 1.07. The predicted octanol–water partition coefficient (Wildman–Crippen LogP) is 2.11. The van der Waals surface area contributed by atoms with Gasteiger partial charge in [0.1, 0.15) is 0 Å². The number of carbonyl (C=O) groups is 2. The van der Waals surface area contributed by atoms with Gasteiger partial charge in [-0.15, -0.1) is 11.3 Å². The smallest absolute Gasteiger partial charge is 0.226 e. The summed E-state index contributed by atoms with van der Waals surface area (Å²) in [6.07, 6.45) is 3.24. The molecule has 3 heterocycles. The first-order valence-electron chi connectivity index (χ1n) is 12.0. The fourth-order valence-electron chi connectivity index (χ4n) is 5.00. The molecule has 1 aliphatic carbocycles. The summed E-state index contributed by atoms with van der Waals surface area (Å²) in [4.78, 5) is 40.2. The Morgan fingerprint density at radius 1 is 1.03 bits per heavy atom. The molecule has 0 unspecified atom stereocenters. The highest BCUT2D eigenvalue weighted by Crippen LogP contribution is 2.35. The van der Waals surface area contributed by atoms with Gasteiger partial charge in [0.25, 0.3) is 0 Å². The van der Waals surface area contributed by atoms with E-state index in [2.05, 4.69) is 28.5 Å². The van der Waals surface area contributed by atoms with Gasteiger partial charge >= 0.3 is 0 Å². The van der Waals surface area contributed by atoms with Crippen molar-refractivity contribution in [3.63, 3.8) is 0 Å². The van der Waals surface area contributed by atoms with Gasteiger partial charge in [-0.25, -0.2) is 4.98 Å². The molecule has 0 aromatic carbocycles. The Morgan fingerprint density at radius 2 is 1.71 bits per heavy atom. The van der Waals surface area contributed by atoms with Crippen LogP contribution >= 0.6 is 11.3 Å². The van der Waals surface area contributed by atoms with Crippen LogP contribution < -0.4 is 4.90 Å². The van der Waals surface area contributed by atoms with Gasteiger partial charge in [-0.3, -0.25) is 14.5 Å². The summed E-state index contributed by atoms with van der Waals surface area (Å²) >= 11 is 1.76. The largest absolute Gasteiger partial charge is 0.345 e. The van der Waals surface area contributed by atoms with Gasteiger partial charge in [0.05, 0.1) is 5.69 Å². The molecule has 31 heavy (non-hydrogen) atoms. The lowest BCUT2D eigenvalue weighted by atomic mass is 9.90. The third kappa shape index (κ3) is 5.22. The summed E-state index contributed by atoms with van der Waals surface area (Å²) in [5.41, 5.74) is 1.19. The molecule has 2 aliphatic heterocycles. The minimum absolute atomic E-state index is 0.108. The number of aromatic nitrogens is 1. The standard InChI is InChI=1S/C23H37N5O2S/c1-4-21(29)26-11-13-28(14-12-26)23-24-19-6-5-18(15-20(19)31-23)22(30)27-9-7-25(8-10-27)16-17(2)3/h17-18H,4-16H2,1-3H3/t18-/m0/s1. The first kappa shape index (κ1) is 22.5. The van der Waals surface area contributed by atoms with Crippen molar-refractivity contribution in [3.05, 3.63) is 10.6 Å². The molecule has 1 aromatic heterocycles. The maximum absolute atomic E-state index is 13.2. The molecule has 1 aromatic rings. The van der Waals surface area contributed by atoms with Crippen molar-refractivity contribution >= 4 is 28.3 Å². The second-order valence-electron chi connectivity index (χ2n) is 9.55. The molecular formula is C23H37N5O2S. The Balaban J connectivity index is 1.31. The molecule has 4 rings (SSSR count). The zero-order valence-corrected chi connectivity index (χ0v) is 20.1. The first-order valence-corrected chi connectivity index (χ1v) is 12.8. The van der Waals surface area contributed by atoms with Gasteiger partial charge in [0.2, 0.25) is 11.8 Å². The van der Waals surface area contributed by atoms with Crippen LogP contribution in [-0.4, -0.2) is 90.4 Å². The average molecular weight is 448 g/mol. The third-order valence-corrected chi connectivity index (χ3v) is 7.97. The van der Waals surface area contributed by atoms with E-state index in [1.54, 1.807) is 11.3 Å². The quantitative estimate of drug-likeness (QED) is 0.692. The summed E-state index contributed by atoms with van der Waals surface area (Å²) in [5.74, 6) is 1.37. The van der Waals surface area contributed by atoms with Crippen LogP contribution in [0.5, 0.6) is 0 Å². The van der Waals surface area contributed by atoms with E-state index in [0.717, 1.165) is 83.3 Å². The van der Waals surface area contributed by atoms with Crippen molar-refractivity contribution in [3.8, 4) is 0 Å². The highest BCUT2D eigenvalue weighted by atomic mass is 32.1. The summed E-state index contributed by atoms with van der Waals surface area (Å²) < 4.78 is 0.